The summed E-state index contributed by atoms with van der Waals surface area (Å²) in [6, 6.07) is 14.4. The van der Waals surface area contributed by atoms with E-state index in [1.165, 1.54) is 6.07 Å². The van der Waals surface area contributed by atoms with Crippen LogP contribution in [0, 0.1) is 12.8 Å². The van der Waals surface area contributed by atoms with Crippen molar-refractivity contribution in [3.63, 3.8) is 0 Å². The number of pyridine rings is 1. The number of hydrogen-bond donors (Lipinski definition) is 1. The number of fused-ring (bicyclic) bond motifs is 1. The number of rotatable bonds is 7. The van der Waals surface area contributed by atoms with Crippen molar-refractivity contribution in [2.75, 3.05) is 26.7 Å². The Morgan fingerprint density at radius 3 is 2.37 bits per heavy atom. The monoisotopic (exact) mass is 565 g/mol. The Balaban J connectivity index is 1.17. The summed E-state index contributed by atoms with van der Waals surface area (Å²) in [4.78, 5) is 31.5. The molecule has 4 aromatic rings. The Morgan fingerprint density at radius 2 is 1.73 bits per heavy atom. The third-order valence-electron chi connectivity index (χ3n) is 7.46. The number of amides is 2. The number of halogens is 3. The summed E-state index contributed by atoms with van der Waals surface area (Å²) in [7, 11) is 1.57. The molecule has 0 unspecified atom stereocenters. The summed E-state index contributed by atoms with van der Waals surface area (Å²) < 4.78 is 44.4. The van der Waals surface area contributed by atoms with E-state index in [1.807, 2.05) is 51.4 Å². The van der Waals surface area contributed by atoms with Crippen molar-refractivity contribution in [1.82, 2.24) is 25.0 Å². The Kier molecular flexibility index (Phi) is 7.96. The summed E-state index contributed by atoms with van der Waals surface area (Å²) in [6.45, 7) is 2.25. The van der Waals surface area contributed by atoms with Crippen LogP contribution in [0.5, 0.6) is 5.88 Å². The fourth-order valence-corrected chi connectivity index (χ4v) is 5.14. The number of ether oxygens (including phenoxy) is 1. The molecule has 11 heteroatoms. The highest BCUT2D eigenvalue weighted by molar-refractivity contribution is 6.00. The van der Waals surface area contributed by atoms with Gasteiger partial charge in [-0.2, -0.15) is 18.3 Å². The van der Waals surface area contributed by atoms with Crippen LogP contribution in [0.25, 0.3) is 22.0 Å². The predicted octanol–water partition coefficient (Wildman–Crippen LogP) is 5.26. The van der Waals surface area contributed by atoms with Crippen LogP contribution in [0.2, 0.25) is 0 Å². The lowest BCUT2D eigenvalue weighted by Gasteiger charge is -2.32. The Bertz CT molecular complexity index is 1540. The molecule has 2 aromatic carbocycles. The molecule has 1 aliphatic heterocycles. The summed E-state index contributed by atoms with van der Waals surface area (Å²) in [5.41, 5.74) is 4.00. The molecule has 3 heterocycles. The maximum atomic E-state index is 13.1. The highest BCUT2D eigenvalue weighted by Crippen LogP contribution is 2.26. The van der Waals surface area contributed by atoms with Crippen molar-refractivity contribution in [2.24, 2.45) is 5.92 Å². The minimum Gasteiger partial charge on any atom is -0.481 e. The van der Waals surface area contributed by atoms with Crippen LogP contribution >= 0.6 is 0 Å². The molecule has 8 nitrogen and oxygen atoms in total. The molecule has 5 rings (SSSR count). The molecular formula is C30H30F3N5O3. The summed E-state index contributed by atoms with van der Waals surface area (Å²) in [5.74, 6) is 0.0908. The lowest BCUT2D eigenvalue weighted by molar-refractivity contribution is -0.123. The zero-order valence-corrected chi connectivity index (χ0v) is 22.7. The first-order valence-electron chi connectivity index (χ1n) is 13.3. The molecule has 0 aliphatic carbocycles. The Hall–Kier alpha value is -4.41. The molecule has 1 aliphatic rings. The van der Waals surface area contributed by atoms with Gasteiger partial charge in [0.05, 0.1) is 12.6 Å². The third kappa shape index (κ3) is 6.50. The largest absolute Gasteiger partial charge is 0.481 e. The minimum absolute atomic E-state index is 0.000336. The molecule has 0 radical (unpaired) electrons. The molecule has 41 heavy (non-hydrogen) atoms. The molecule has 1 saturated heterocycles. The van der Waals surface area contributed by atoms with Crippen molar-refractivity contribution >= 4 is 22.7 Å². The molecule has 0 saturated carbocycles. The van der Waals surface area contributed by atoms with E-state index in [1.54, 1.807) is 32.4 Å². The number of benzene rings is 2. The Morgan fingerprint density at radius 1 is 1.02 bits per heavy atom. The summed E-state index contributed by atoms with van der Waals surface area (Å²) in [6.07, 6.45) is 0.740. The molecule has 1 fully saturated rings. The molecule has 0 bridgehead atoms. The maximum Gasteiger partial charge on any atom is 0.405 e. The van der Waals surface area contributed by atoms with Crippen molar-refractivity contribution < 1.29 is 27.5 Å². The van der Waals surface area contributed by atoms with E-state index >= 15 is 0 Å². The van der Waals surface area contributed by atoms with Gasteiger partial charge in [0.1, 0.15) is 6.54 Å². The highest BCUT2D eigenvalue weighted by atomic mass is 19.4. The Labute approximate surface area is 235 Å². The van der Waals surface area contributed by atoms with E-state index in [9.17, 15) is 22.8 Å². The molecule has 1 N–H and O–H groups in total. The fourth-order valence-electron chi connectivity index (χ4n) is 5.14. The van der Waals surface area contributed by atoms with Gasteiger partial charge in [0.25, 0.3) is 11.8 Å². The molecule has 0 atom stereocenters. The normalized spacial score (nSPS) is 14.3. The number of likely N-dealkylation sites (tertiary alicyclic amines) is 1. The molecule has 0 spiro atoms. The molecule has 2 aromatic heterocycles. The first kappa shape index (κ1) is 28.1. The maximum absolute atomic E-state index is 13.1. The first-order chi connectivity index (χ1) is 19.6. The van der Waals surface area contributed by atoms with Gasteiger partial charge in [-0.3, -0.25) is 14.3 Å². The SMILES string of the molecule is COc1ccc(-c2ccc(C(=O)N3CCC(Cn4cc5c(C)c(C(=O)NCC(F)(F)F)ccc5n4)CC3)cc2)cn1. The number of nitrogens with one attached hydrogen (secondary N) is 1. The van der Waals surface area contributed by atoms with Gasteiger partial charge >= 0.3 is 6.18 Å². The number of aryl methyl sites for hydroxylation is 1. The second kappa shape index (κ2) is 11.6. The lowest BCUT2D eigenvalue weighted by Crippen LogP contribution is -2.39. The predicted molar refractivity (Wildman–Crippen MR) is 148 cm³/mol. The van der Waals surface area contributed by atoms with Gasteiger partial charge in [0, 0.05) is 60.2 Å². The average molecular weight is 566 g/mol. The van der Waals surface area contributed by atoms with Crippen LogP contribution in [0.1, 0.15) is 39.1 Å². The second-order valence-electron chi connectivity index (χ2n) is 10.2. The van der Waals surface area contributed by atoms with E-state index < -0.39 is 18.6 Å². The molecular weight excluding hydrogens is 535 g/mol. The number of carbonyl (C=O) groups excluding carboxylic acids is 2. The van der Waals surface area contributed by atoms with Gasteiger partial charge in [0.2, 0.25) is 5.88 Å². The number of aromatic nitrogens is 3. The number of alkyl halides is 3. The smallest absolute Gasteiger partial charge is 0.405 e. The van der Waals surface area contributed by atoms with Gasteiger partial charge in [-0.05, 0) is 67.1 Å². The van der Waals surface area contributed by atoms with Gasteiger partial charge in [-0.1, -0.05) is 12.1 Å². The van der Waals surface area contributed by atoms with Gasteiger partial charge in [0.15, 0.2) is 0 Å². The summed E-state index contributed by atoms with van der Waals surface area (Å²) in [5, 5.41) is 7.26. The standard InChI is InChI=1S/C30H30F3N5O3/c1-19-24(28(39)35-18-30(31,32)33)8-9-26-25(19)17-38(36-26)16-20-11-13-37(14-12-20)29(40)22-5-3-21(4-6-22)23-7-10-27(41-2)34-15-23/h3-10,15,17,20H,11-14,16,18H2,1-2H3,(H,35,39). The van der Waals surface area contributed by atoms with Crippen LogP contribution in [-0.4, -0.2) is 64.4 Å². The second-order valence-corrected chi connectivity index (χ2v) is 10.2. The number of carbonyl (C=O) groups is 2. The van der Waals surface area contributed by atoms with Crippen LogP contribution in [0.3, 0.4) is 0 Å². The fraction of sp³-hybridized carbons (Fsp3) is 0.333. The third-order valence-corrected chi connectivity index (χ3v) is 7.46. The number of piperidine rings is 1. The number of nitrogens with zero attached hydrogens (tertiary/aromatic N) is 4. The van der Waals surface area contributed by atoms with Crippen molar-refractivity contribution in [1.29, 1.82) is 0 Å². The van der Waals surface area contributed by atoms with Gasteiger partial charge in [-0.25, -0.2) is 4.98 Å². The average Bonchev–Trinajstić information content (AvgIpc) is 3.39. The van der Waals surface area contributed by atoms with E-state index in [4.69, 9.17) is 4.74 Å². The number of hydrogen-bond acceptors (Lipinski definition) is 5. The van der Waals surface area contributed by atoms with Crippen molar-refractivity contribution in [3.05, 3.63) is 77.6 Å². The highest BCUT2D eigenvalue weighted by Gasteiger charge is 2.28. The summed E-state index contributed by atoms with van der Waals surface area (Å²) >= 11 is 0. The molecule has 2 amide bonds. The topological polar surface area (TPSA) is 89.4 Å². The van der Waals surface area contributed by atoms with E-state index in [-0.39, 0.29) is 11.5 Å². The van der Waals surface area contributed by atoms with Gasteiger partial charge < -0.3 is 15.0 Å². The van der Waals surface area contributed by atoms with E-state index in [2.05, 4.69) is 10.1 Å². The quantitative estimate of drug-likeness (QED) is 0.330. The lowest BCUT2D eigenvalue weighted by atomic mass is 9.96. The first-order valence-corrected chi connectivity index (χ1v) is 13.3. The van der Waals surface area contributed by atoms with Crippen LogP contribution in [0.15, 0.2) is 60.9 Å². The molecule has 214 valence electrons. The van der Waals surface area contributed by atoms with Crippen molar-refractivity contribution in [3.8, 4) is 17.0 Å². The van der Waals surface area contributed by atoms with Crippen LogP contribution < -0.4 is 10.1 Å². The van der Waals surface area contributed by atoms with E-state index in [0.29, 0.717) is 48.1 Å². The van der Waals surface area contributed by atoms with Crippen LogP contribution in [-0.2, 0) is 6.54 Å². The minimum atomic E-state index is -4.47. The zero-order chi connectivity index (χ0) is 29.1. The van der Waals surface area contributed by atoms with Crippen molar-refractivity contribution in [2.45, 2.75) is 32.5 Å². The van der Waals surface area contributed by atoms with Gasteiger partial charge in [-0.15, -0.1) is 0 Å². The number of methoxy groups -OCH3 is 1. The van der Waals surface area contributed by atoms with E-state index in [0.717, 1.165) is 29.4 Å². The zero-order valence-electron chi connectivity index (χ0n) is 22.7. The van der Waals surface area contributed by atoms with Crippen LogP contribution in [0.4, 0.5) is 13.2 Å².